The Morgan fingerprint density at radius 1 is 1.33 bits per heavy atom. The molecule has 3 fully saturated rings. The predicted octanol–water partition coefficient (Wildman–Crippen LogP) is 1.73. The Balaban J connectivity index is 1.67. The summed E-state index contributed by atoms with van der Waals surface area (Å²) in [6.45, 7) is 2.80. The summed E-state index contributed by atoms with van der Waals surface area (Å²) >= 11 is 0. The Bertz CT molecular complexity index is 618. The number of carbonyl (C=O) groups is 1. The lowest BCUT2D eigenvalue weighted by atomic mass is 9.81. The average molecular weight is 285 g/mol. The van der Waals surface area contributed by atoms with Crippen LogP contribution in [0.15, 0.2) is 23.2 Å². The minimum Gasteiger partial charge on any atom is -0.484 e. The van der Waals surface area contributed by atoms with Crippen molar-refractivity contribution in [3.63, 3.8) is 0 Å². The molecule has 1 aromatic rings. The van der Waals surface area contributed by atoms with Gasteiger partial charge in [-0.25, -0.2) is 4.99 Å². The summed E-state index contributed by atoms with van der Waals surface area (Å²) < 4.78 is 5.83. The van der Waals surface area contributed by atoms with Gasteiger partial charge in [-0.1, -0.05) is 6.07 Å². The van der Waals surface area contributed by atoms with Gasteiger partial charge in [0.2, 0.25) is 0 Å². The second-order valence-electron chi connectivity index (χ2n) is 6.14. The first-order valence-corrected chi connectivity index (χ1v) is 7.59. The van der Waals surface area contributed by atoms with E-state index in [9.17, 15) is 4.79 Å². The third kappa shape index (κ3) is 2.12. The lowest BCUT2D eigenvalue weighted by molar-refractivity contribution is 0.0802. The molecule has 1 amide bonds. The third-order valence-electron chi connectivity index (χ3n) is 4.92. The first-order chi connectivity index (χ1) is 10.2. The molecule has 2 bridgehead atoms. The first-order valence-electron chi connectivity index (χ1n) is 7.59. The van der Waals surface area contributed by atoms with Crippen LogP contribution < -0.4 is 10.5 Å². The van der Waals surface area contributed by atoms with Crippen molar-refractivity contribution < 1.29 is 9.53 Å². The van der Waals surface area contributed by atoms with Crippen molar-refractivity contribution in [3.8, 4) is 5.75 Å². The standard InChI is InChI=1S/C16H19N3O2/c17-16(20)11-2-1-3-12-15(11)21-9-13(18-12)14-8-10-4-6-19(14)7-5-10/h1-3,10,14H,4-9H2,(H2,17,20). The van der Waals surface area contributed by atoms with E-state index in [1.165, 1.54) is 32.4 Å². The normalized spacial score (nSPS) is 30.3. The van der Waals surface area contributed by atoms with Crippen LogP contribution in [0.3, 0.4) is 0 Å². The molecule has 5 nitrogen and oxygen atoms in total. The summed E-state index contributed by atoms with van der Waals surface area (Å²) in [6.07, 6.45) is 3.81. The van der Waals surface area contributed by atoms with Crippen LogP contribution >= 0.6 is 0 Å². The van der Waals surface area contributed by atoms with E-state index in [0.29, 0.717) is 24.0 Å². The third-order valence-corrected chi connectivity index (χ3v) is 4.92. The molecule has 110 valence electrons. The van der Waals surface area contributed by atoms with Crippen molar-refractivity contribution in [2.24, 2.45) is 16.6 Å². The number of para-hydroxylation sites is 1. The Labute approximate surface area is 123 Å². The highest BCUT2D eigenvalue weighted by molar-refractivity contribution is 6.00. The van der Waals surface area contributed by atoms with Crippen molar-refractivity contribution in [1.29, 1.82) is 0 Å². The van der Waals surface area contributed by atoms with E-state index in [4.69, 9.17) is 15.5 Å². The molecule has 4 aliphatic rings. The molecule has 5 heteroatoms. The van der Waals surface area contributed by atoms with Gasteiger partial charge < -0.3 is 10.5 Å². The monoisotopic (exact) mass is 285 g/mol. The highest BCUT2D eigenvalue weighted by atomic mass is 16.5. The number of aliphatic imine (C=N–C) groups is 1. The molecular formula is C16H19N3O2. The van der Waals surface area contributed by atoms with Crippen LogP contribution in [-0.4, -0.2) is 42.3 Å². The Kier molecular flexibility index (Phi) is 2.96. The van der Waals surface area contributed by atoms with Crippen LogP contribution in [0.5, 0.6) is 5.75 Å². The van der Waals surface area contributed by atoms with E-state index in [0.717, 1.165) is 17.3 Å². The van der Waals surface area contributed by atoms with Crippen LogP contribution in [0.4, 0.5) is 5.69 Å². The Morgan fingerprint density at radius 2 is 2.14 bits per heavy atom. The van der Waals surface area contributed by atoms with Gasteiger partial charge in [-0.3, -0.25) is 9.69 Å². The number of amides is 1. The van der Waals surface area contributed by atoms with Crippen LogP contribution in [0.25, 0.3) is 0 Å². The molecule has 2 N–H and O–H groups in total. The van der Waals surface area contributed by atoms with Gasteiger partial charge in [-0.15, -0.1) is 0 Å². The lowest BCUT2D eigenvalue weighted by Gasteiger charge is -2.46. The molecular weight excluding hydrogens is 266 g/mol. The van der Waals surface area contributed by atoms with Gasteiger partial charge in [0.15, 0.2) is 5.75 Å². The maximum atomic E-state index is 11.4. The van der Waals surface area contributed by atoms with Gasteiger partial charge in [0.05, 0.1) is 17.3 Å². The van der Waals surface area contributed by atoms with E-state index in [2.05, 4.69) is 4.90 Å². The molecule has 3 saturated heterocycles. The zero-order valence-electron chi connectivity index (χ0n) is 11.9. The number of nitrogens with zero attached hydrogens (tertiary/aromatic N) is 2. The summed E-state index contributed by atoms with van der Waals surface area (Å²) in [5.74, 6) is 0.900. The van der Waals surface area contributed by atoms with E-state index in [1.54, 1.807) is 6.07 Å². The van der Waals surface area contributed by atoms with Gasteiger partial charge in [-0.05, 0) is 50.4 Å². The molecule has 4 aliphatic heterocycles. The predicted molar refractivity (Wildman–Crippen MR) is 80.3 cm³/mol. The fourth-order valence-corrected chi connectivity index (χ4v) is 3.77. The summed E-state index contributed by atoms with van der Waals surface area (Å²) in [4.78, 5) is 18.7. The molecule has 1 atom stereocenters. The molecule has 0 aromatic heterocycles. The molecule has 1 unspecified atom stereocenters. The number of nitrogens with two attached hydrogens (primary N) is 1. The van der Waals surface area contributed by atoms with Crippen molar-refractivity contribution in [3.05, 3.63) is 23.8 Å². The highest BCUT2D eigenvalue weighted by Crippen LogP contribution is 2.38. The fraction of sp³-hybridized carbons (Fsp3) is 0.500. The number of benzene rings is 1. The van der Waals surface area contributed by atoms with Crippen LogP contribution in [-0.2, 0) is 0 Å². The van der Waals surface area contributed by atoms with Crippen molar-refractivity contribution >= 4 is 17.3 Å². The zero-order chi connectivity index (χ0) is 14.4. The van der Waals surface area contributed by atoms with Crippen molar-refractivity contribution in [2.45, 2.75) is 25.3 Å². The average Bonchev–Trinajstić information content (AvgIpc) is 2.54. The fourth-order valence-electron chi connectivity index (χ4n) is 3.77. The maximum Gasteiger partial charge on any atom is 0.252 e. The quantitative estimate of drug-likeness (QED) is 0.900. The van der Waals surface area contributed by atoms with E-state index < -0.39 is 5.91 Å². The number of carbonyl (C=O) groups excluding carboxylic acids is 1. The number of rotatable bonds is 2. The van der Waals surface area contributed by atoms with Crippen molar-refractivity contribution in [1.82, 2.24) is 4.90 Å². The van der Waals surface area contributed by atoms with Crippen molar-refractivity contribution in [2.75, 3.05) is 19.7 Å². The molecule has 0 aliphatic carbocycles. The molecule has 1 aromatic carbocycles. The first kappa shape index (κ1) is 12.8. The summed E-state index contributed by atoms with van der Waals surface area (Å²) in [5.41, 5.74) is 7.63. The highest BCUT2D eigenvalue weighted by Gasteiger charge is 2.37. The van der Waals surface area contributed by atoms with Gasteiger partial charge in [-0.2, -0.15) is 0 Å². The molecule has 5 rings (SSSR count). The van der Waals surface area contributed by atoms with Gasteiger partial charge in [0, 0.05) is 0 Å². The lowest BCUT2D eigenvalue weighted by Crippen LogP contribution is -2.53. The SMILES string of the molecule is NC(=O)c1cccc2c1OCC(C1CC3CCN1CC3)=N2. The van der Waals surface area contributed by atoms with Gasteiger partial charge in [0.25, 0.3) is 5.91 Å². The Morgan fingerprint density at radius 3 is 2.81 bits per heavy atom. The number of hydrogen-bond donors (Lipinski definition) is 1. The molecule has 4 heterocycles. The minimum absolute atomic E-state index is 0.405. The van der Waals surface area contributed by atoms with Gasteiger partial charge >= 0.3 is 0 Å². The number of fused-ring (bicyclic) bond motifs is 4. The number of primary amides is 1. The zero-order valence-corrected chi connectivity index (χ0v) is 11.9. The Hall–Kier alpha value is -1.88. The van der Waals surface area contributed by atoms with E-state index >= 15 is 0 Å². The second-order valence-corrected chi connectivity index (χ2v) is 6.14. The number of hydrogen-bond acceptors (Lipinski definition) is 4. The number of ether oxygens (including phenoxy) is 1. The summed E-state index contributed by atoms with van der Waals surface area (Å²) in [6, 6.07) is 5.79. The molecule has 0 radical (unpaired) electrons. The second kappa shape index (κ2) is 4.84. The van der Waals surface area contributed by atoms with E-state index in [1.807, 2.05) is 12.1 Å². The number of piperidine rings is 3. The van der Waals surface area contributed by atoms with Crippen LogP contribution in [0, 0.1) is 5.92 Å². The van der Waals surface area contributed by atoms with Gasteiger partial charge in [0.1, 0.15) is 12.3 Å². The van der Waals surface area contributed by atoms with Crippen LogP contribution in [0.2, 0.25) is 0 Å². The largest absolute Gasteiger partial charge is 0.484 e. The topological polar surface area (TPSA) is 67.9 Å². The maximum absolute atomic E-state index is 11.4. The van der Waals surface area contributed by atoms with E-state index in [-0.39, 0.29) is 0 Å². The molecule has 21 heavy (non-hydrogen) atoms. The van der Waals surface area contributed by atoms with Crippen LogP contribution in [0.1, 0.15) is 29.6 Å². The summed E-state index contributed by atoms with van der Waals surface area (Å²) in [5, 5.41) is 0. The minimum atomic E-state index is -0.467. The smallest absolute Gasteiger partial charge is 0.252 e. The molecule has 0 saturated carbocycles. The summed E-state index contributed by atoms with van der Waals surface area (Å²) in [7, 11) is 0. The molecule has 0 spiro atoms.